The molecule has 1 N–H and O–H groups in total. The van der Waals surface area contributed by atoms with Gasteiger partial charge in [0.15, 0.2) is 0 Å². The van der Waals surface area contributed by atoms with Gasteiger partial charge in [-0.25, -0.2) is 0 Å². The standard InChI is InChI=1S/C18H20N2O3/c1-20(2)18(22)16(13-14-7-4-3-5-8-14)19-17(21)11-10-15-9-6-12-23-15/h3-12,16H,13H2,1-2H3,(H,19,21)/b11-10+. The number of hydrogen-bond acceptors (Lipinski definition) is 3. The molecule has 0 aliphatic rings. The van der Waals surface area contributed by atoms with Gasteiger partial charge in [0.2, 0.25) is 11.8 Å². The maximum Gasteiger partial charge on any atom is 0.244 e. The van der Waals surface area contributed by atoms with E-state index in [1.165, 1.54) is 17.2 Å². The van der Waals surface area contributed by atoms with Crippen molar-refractivity contribution in [1.82, 2.24) is 10.2 Å². The molecule has 1 unspecified atom stereocenters. The summed E-state index contributed by atoms with van der Waals surface area (Å²) in [5.74, 6) is 0.102. The summed E-state index contributed by atoms with van der Waals surface area (Å²) < 4.78 is 5.13. The molecule has 2 amide bonds. The van der Waals surface area contributed by atoms with Gasteiger partial charge in [-0.3, -0.25) is 9.59 Å². The number of hydrogen-bond donors (Lipinski definition) is 1. The SMILES string of the molecule is CN(C)C(=O)C(Cc1ccccc1)NC(=O)/C=C/c1ccco1. The molecule has 23 heavy (non-hydrogen) atoms. The predicted molar refractivity (Wildman–Crippen MR) is 88.5 cm³/mol. The van der Waals surface area contributed by atoms with Crippen molar-refractivity contribution in [3.63, 3.8) is 0 Å². The van der Waals surface area contributed by atoms with E-state index in [1.807, 2.05) is 30.3 Å². The van der Waals surface area contributed by atoms with E-state index in [1.54, 1.807) is 32.3 Å². The Morgan fingerprint density at radius 3 is 2.52 bits per heavy atom. The smallest absolute Gasteiger partial charge is 0.244 e. The minimum atomic E-state index is -0.610. The number of likely N-dealkylation sites (N-methyl/N-ethyl adjacent to an activating group) is 1. The molecule has 1 atom stereocenters. The van der Waals surface area contributed by atoms with Crippen LogP contribution in [0, 0.1) is 0 Å². The van der Waals surface area contributed by atoms with E-state index in [0.717, 1.165) is 5.56 Å². The molecule has 0 spiro atoms. The zero-order valence-electron chi connectivity index (χ0n) is 13.2. The number of carbonyl (C=O) groups is 2. The summed E-state index contributed by atoms with van der Waals surface area (Å²) >= 11 is 0. The van der Waals surface area contributed by atoms with Crippen molar-refractivity contribution in [2.45, 2.75) is 12.5 Å². The van der Waals surface area contributed by atoms with Gasteiger partial charge in [-0.05, 0) is 23.8 Å². The number of nitrogens with one attached hydrogen (secondary N) is 1. The molecule has 0 fully saturated rings. The van der Waals surface area contributed by atoms with Crippen molar-refractivity contribution >= 4 is 17.9 Å². The van der Waals surface area contributed by atoms with Crippen LogP contribution in [0.3, 0.4) is 0 Å². The number of benzene rings is 1. The lowest BCUT2D eigenvalue weighted by molar-refractivity contribution is -0.133. The molecule has 0 saturated heterocycles. The first-order valence-electron chi connectivity index (χ1n) is 7.33. The van der Waals surface area contributed by atoms with Crippen LogP contribution in [-0.4, -0.2) is 36.9 Å². The highest BCUT2D eigenvalue weighted by Crippen LogP contribution is 2.06. The second-order valence-corrected chi connectivity index (χ2v) is 5.33. The first kappa shape index (κ1) is 16.5. The molecule has 0 saturated carbocycles. The van der Waals surface area contributed by atoms with Crippen LogP contribution in [0.4, 0.5) is 0 Å². The topological polar surface area (TPSA) is 62.6 Å². The van der Waals surface area contributed by atoms with Crippen LogP contribution in [0.15, 0.2) is 59.2 Å². The molecule has 1 heterocycles. The lowest BCUT2D eigenvalue weighted by Crippen LogP contribution is -2.47. The highest BCUT2D eigenvalue weighted by Gasteiger charge is 2.21. The molecule has 2 rings (SSSR count). The third-order valence-electron chi connectivity index (χ3n) is 3.28. The van der Waals surface area contributed by atoms with Crippen LogP contribution < -0.4 is 5.32 Å². The highest BCUT2D eigenvalue weighted by molar-refractivity contribution is 5.95. The number of carbonyl (C=O) groups excluding carboxylic acids is 2. The van der Waals surface area contributed by atoms with Gasteiger partial charge in [0.1, 0.15) is 11.8 Å². The summed E-state index contributed by atoms with van der Waals surface area (Å²) in [4.78, 5) is 25.8. The molecule has 0 radical (unpaired) electrons. The molecule has 1 aromatic heterocycles. The van der Waals surface area contributed by atoms with E-state index < -0.39 is 6.04 Å². The monoisotopic (exact) mass is 312 g/mol. The number of nitrogens with zero attached hydrogens (tertiary/aromatic N) is 1. The van der Waals surface area contributed by atoms with Gasteiger partial charge in [0, 0.05) is 26.6 Å². The fourth-order valence-corrected chi connectivity index (χ4v) is 2.13. The summed E-state index contributed by atoms with van der Waals surface area (Å²) in [7, 11) is 3.34. The number of amides is 2. The molecule has 2 aromatic rings. The van der Waals surface area contributed by atoms with E-state index in [4.69, 9.17) is 4.42 Å². The van der Waals surface area contributed by atoms with Crippen LogP contribution in [0.25, 0.3) is 6.08 Å². The van der Waals surface area contributed by atoms with Crippen LogP contribution in [0.2, 0.25) is 0 Å². The summed E-state index contributed by atoms with van der Waals surface area (Å²) in [6.45, 7) is 0. The van der Waals surface area contributed by atoms with Gasteiger partial charge in [-0.15, -0.1) is 0 Å². The Bertz CT molecular complexity index is 661. The van der Waals surface area contributed by atoms with Crippen molar-refractivity contribution in [1.29, 1.82) is 0 Å². The third-order valence-corrected chi connectivity index (χ3v) is 3.28. The van der Waals surface area contributed by atoms with E-state index >= 15 is 0 Å². The largest absolute Gasteiger partial charge is 0.465 e. The summed E-state index contributed by atoms with van der Waals surface area (Å²) in [6.07, 6.45) is 4.90. The average molecular weight is 312 g/mol. The Morgan fingerprint density at radius 2 is 1.91 bits per heavy atom. The van der Waals surface area contributed by atoms with Gasteiger partial charge < -0.3 is 14.6 Å². The number of furan rings is 1. The molecule has 0 bridgehead atoms. The molecular formula is C18H20N2O3. The summed E-state index contributed by atoms with van der Waals surface area (Å²) in [5, 5.41) is 2.75. The molecule has 120 valence electrons. The Hall–Kier alpha value is -2.82. The van der Waals surface area contributed by atoms with Gasteiger partial charge in [0.25, 0.3) is 0 Å². The first-order valence-corrected chi connectivity index (χ1v) is 7.33. The van der Waals surface area contributed by atoms with Gasteiger partial charge in [-0.2, -0.15) is 0 Å². The predicted octanol–water partition coefficient (Wildman–Crippen LogP) is 2.11. The Balaban J connectivity index is 2.04. The van der Waals surface area contributed by atoms with Crippen LogP contribution >= 0.6 is 0 Å². The quantitative estimate of drug-likeness (QED) is 0.831. The zero-order valence-corrected chi connectivity index (χ0v) is 13.2. The van der Waals surface area contributed by atoms with Crippen molar-refractivity contribution in [2.24, 2.45) is 0 Å². The Morgan fingerprint density at radius 1 is 1.17 bits per heavy atom. The maximum atomic E-state index is 12.3. The van der Waals surface area contributed by atoms with Crippen molar-refractivity contribution in [3.05, 3.63) is 66.1 Å². The first-order chi connectivity index (χ1) is 11.1. The average Bonchev–Trinajstić information content (AvgIpc) is 3.06. The van der Waals surface area contributed by atoms with Crippen molar-refractivity contribution in [2.75, 3.05) is 14.1 Å². The van der Waals surface area contributed by atoms with Crippen molar-refractivity contribution < 1.29 is 14.0 Å². The van der Waals surface area contributed by atoms with Crippen LogP contribution in [0.5, 0.6) is 0 Å². The van der Waals surface area contributed by atoms with E-state index in [9.17, 15) is 9.59 Å². The van der Waals surface area contributed by atoms with Gasteiger partial charge in [-0.1, -0.05) is 30.3 Å². The lowest BCUT2D eigenvalue weighted by atomic mass is 10.0. The summed E-state index contributed by atoms with van der Waals surface area (Å²) in [5.41, 5.74) is 0.989. The summed E-state index contributed by atoms with van der Waals surface area (Å²) in [6, 6.07) is 12.5. The maximum absolute atomic E-state index is 12.3. The van der Waals surface area contributed by atoms with Crippen molar-refractivity contribution in [3.8, 4) is 0 Å². The second kappa shape index (κ2) is 7.98. The number of rotatable bonds is 6. The Kier molecular flexibility index (Phi) is 5.74. The van der Waals surface area contributed by atoms with E-state index in [0.29, 0.717) is 12.2 Å². The minimum Gasteiger partial charge on any atom is -0.465 e. The highest BCUT2D eigenvalue weighted by atomic mass is 16.3. The Labute approximate surface area is 135 Å². The van der Waals surface area contributed by atoms with Crippen LogP contribution in [0.1, 0.15) is 11.3 Å². The van der Waals surface area contributed by atoms with E-state index in [2.05, 4.69) is 5.32 Å². The molecule has 5 nitrogen and oxygen atoms in total. The zero-order chi connectivity index (χ0) is 16.7. The fourth-order valence-electron chi connectivity index (χ4n) is 2.13. The van der Waals surface area contributed by atoms with E-state index in [-0.39, 0.29) is 11.8 Å². The molecule has 0 aliphatic carbocycles. The van der Waals surface area contributed by atoms with Gasteiger partial charge in [0.05, 0.1) is 6.26 Å². The molecule has 0 aliphatic heterocycles. The van der Waals surface area contributed by atoms with Gasteiger partial charge >= 0.3 is 0 Å². The normalized spacial score (nSPS) is 12.1. The lowest BCUT2D eigenvalue weighted by Gasteiger charge is -2.21. The minimum absolute atomic E-state index is 0.145. The molecule has 5 heteroatoms. The van der Waals surface area contributed by atoms with Crippen LogP contribution in [-0.2, 0) is 16.0 Å². The molecular weight excluding hydrogens is 292 g/mol. The molecule has 1 aromatic carbocycles. The second-order valence-electron chi connectivity index (χ2n) is 5.33. The third kappa shape index (κ3) is 5.14. The fraction of sp³-hybridized carbons (Fsp3) is 0.222.